The molecule has 4 nitrogen and oxygen atoms in total. The smallest absolute Gasteiger partial charge is 0.416 e. The van der Waals surface area contributed by atoms with Gasteiger partial charge in [-0.15, -0.1) is 0 Å². The van der Waals surface area contributed by atoms with E-state index in [0.717, 1.165) is 24.3 Å². The molecule has 8 heteroatoms. The Balaban J connectivity index is 3.02. The number of rotatable bonds is 3. The Morgan fingerprint density at radius 3 is 2.00 bits per heavy atom. The van der Waals surface area contributed by atoms with Crippen molar-refractivity contribution in [1.82, 2.24) is 0 Å². The van der Waals surface area contributed by atoms with Crippen LogP contribution < -0.4 is 0 Å². The molecule has 0 atom stereocenters. The average molecular weight is 280 g/mol. The molecule has 0 aliphatic carbocycles. The summed E-state index contributed by atoms with van der Waals surface area (Å²) >= 11 is 0. The molecule has 1 aromatic carbocycles. The summed E-state index contributed by atoms with van der Waals surface area (Å²) in [7, 11) is -2.91. The summed E-state index contributed by atoms with van der Waals surface area (Å²) in [6.07, 6.45) is -4.94. The van der Waals surface area contributed by atoms with Crippen LogP contribution >= 0.6 is 0 Å². The largest absolute Gasteiger partial charge is 0.477 e. The van der Waals surface area contributed by atoms with Crippen LogP contribution in [0.4, 0.5) is 13.2 Å². The fourth-order valence-corrected chi connectivity index (χ4v) is 1.63. The Kier molecular flexibility index (Phi) is 4.12. The highest BCUT2D eigenvalue weighted by Gasteiger charge is 2.30. The molecule has 1 N–H and O–H groups in total. The van der Waals surface area contributed by atoms with Crippen LogP contribution in [0.5, 0.6) is 0 Å². The van der Waals surface area contributed by atoms with Crippen molar-refractivity contribution >= 4 is 21.1 Å². The molecule has 1 rings (SSSR count). The first-order valence-electron chi connectivity index (χ1n) is 4.56. The highest BCUT2D eigenvalue weighted by Crippen LogP contribution is 2.29. The molecule has 0 aliphatic rings. The highest BCUT2D eigenvalue weighted by molar-refractivity contribution is 7.74. The van der Waals surface area contributed by atoms with Gasteiger partial charge in [0.25, 0.3) is 0 Å². The van der Waals surface area contributed by atoms with E-state index in [9.17, 15) is 26.4 Å². The normalized spacial score (nSPS) is 11.1. The molecule has 0 aliphatic heterocycles. The van der Waals surface area contributed by atoms with E-state index in [4.69, 9.17) is 5.11 Å². The molecule has 0 spiro atoms. The van der Waals surface area contributed by atoms with Crippen molar-refractivity contribution in [2.24, 2.45) is 0 Å². The predicted octanol–water partition coefficient (Wildman–Crippen LogP) is 1.38. The van der Waals surface area contributed by atoms with Crippen molar-refractivity contribution in [3.05, 3.63) is 35.4 Å². The summed E-state index contributed by atoms with van der Waals surface area (Å²) < 4.78 is 57.9. The lowest BCUT2D eigenvalue weighted by Gasteiger charge is -2.06. The van der Waals surface area contributed by atoms with E-state index in [0.29, 0.717) is 0 Å². The zero-order chi connectivity index (χ0) is 13.9. The molecule has 0 unspecified atom stereocenters. The topological polar surface area (TPSA) is 71.4 Å². The van der Waals surface area contributed by atoms with Gasteiger partial charge in [-0.05, 0) is 17.7 Å². The lowest BCUT2D eigenvalue weighted by molar-refractivity contribution is -0.137. The molecule has 0 heterocycles. The van der Waals surface area contributed by atoms with E-state index < -0.39 is 39.3 Å². The Labute approximate surface area is 101 Å². The van der Waals surface area contributed by atoms with Crippen LogP contribution in [0.2, 0.25) is 0 Å². The predicted molar refractivity (Wildman–Crippen MR) is 56.7 cm³/mol. The number of aliphatic carboxylic acids is 1. The lowest BCUT2D eigenvalue weighted by atomic mass is 10.1. The molecule has 0 saturated carbocycles. The summed E-state index contributed by atoms with van der Waals surface area (Å²) in [6.45, 7) is 0. The third-order valence-corrected chi connectivity index (χ3v) is 2.81. The Bertz CT molecular complexity index is 577. The zero-order valence-electron chi connectivity index (χ0n) is 8.73. The van der Waals surface area contributed by atoms with Gasteiger partial charge in [-0.1, -0.05) is 12.1 Å². The number of carbonyl (C=O) groups is 1. The molecule has 0 saturated heterocycles. The maximum atomic E-state index is 12.2. The van der Waals surface area contributed by atoms with Crippen LogP contribution in [-0.2, 0) is 27.7 Å². The summed E-state index contributed by atoms with van der Waals surface area (Å²) in [4.78, 5) is 9.76. The van der Waals surface area contributed by atoms with Crippen molar-refractivity contribution in [2.75, 3.05) is 0 Å². The van der Waals surface area contributed by atoms with Crippen LogP contribution in [0.3, 0.4) is 0 Å². The summed E-state index contributed by atoms with van der Waals surface area (Å²) in [5.41, 5.74) is -0.712. The molecule has 18 heavy (non-hydrogen) atoms. The van der Waals surface area contributed by atoms with E-state index >= 15 is 0 Å². The fourth-order valence-electron chi connectivity index (χ4n) is 1.20. The molecule has 0 amide bonds. The van der Waals surface area contributed by atoms with Gasteiger partial charge < -0.3 is 5.11 Å². The highest BCUT2D eigenvalue weighted by atomic mass is 32.2. The van der Waals surface area contributed by atoms with Crippen LogP contribution in [0.1, 0.15) is 11.1 Å². The van der Waals surface area contributed by atoms with Crippen molar-refractivity contribution in [3.8, 4) is 0 Å². The van der Waals surface area contributed by atoms with E-state index in [1.165, 1.54) is 0 Å². The first-order valence-corrected chi connectivity index (χ1v) is 5.64. The second-order valence-corrected chi connectivity index (χ2v) is 4.30. The standard InChI is InChI=1S/C10H7F3O4S/c11-10(12,13)7-3-1-6(2-4-7)5-8(9(14)15)18(16)17/h1-4H,5H2,(H,14,15). The van der Waals surface area contributed by atoms with E-state index in [2.05, 4.69) is 0 Å². The monoisotopic (exact) mass is 280 g/mol. The molecule has 0 bridgehead atoms. The van der Waals surface area contributed by atoms with Gasteiger partial charge in [0.2, 0.25) is 10.3 Å². The Morgan fingerprint density at radius 2 is 1.67 bits per heavy atom. The minimum atomic E-state index is -4.49. The summed E-state index contributed by atoms with van der Waals surface area (Å²) in [5.74, 6) is -1.62. The molecule has 0 aromatic heterocycles. The van der Waals surface area contributed by atoms with E-state index in [-0.39, 0.29) is 5.56 Å². The second-order valence-electron chi connectivity index (χ2n) is 3.33. The summed E-state index contributed by atoms with van der Waals surface area (Å²) in [6, 6.07) is 3.61. The quantitative estimate of drug-likeness (QED) is 0.849. The average Bonchev–Trinajstić information content (AvgIpc) is 2.24. The SMILES string of the molecule is O=C(O)C(Cc1ccc(C(F)(F)F)cc1)=S(=O)=O. The van der Waals surface area contributed by atoms with Gasteiger partial charge in [0.05, 0.1) is 5.56 Å². The molecule has 98 valence electrons. The minimum absolute atomic E-state index is 0.171. The molecular formula is C10H7F3O4S. The third-order valence-electron chi connectivity index (χ3n) is 2.09. The fraction of sp³-hybridized carbons (Fsp3) is 0.200. The van der Waals surface area contributed by atoms with Gasteiger partial charge in [0.15, 0.2) is 4.86 Å². The van der Waals surface area contributed by atoms with Crippen molar-refractivity contribution in [1.29, 1.82) is 0 Å². The van der Waals surface area contributed by atoms with E-state index in [1.807, 2.05) is 0 Å². The number of benzene rings is 1. The lowest BCUT2D eigenvalue weighted by Crippen LogP contribution is -2.17. The Morgan fingerprint density at radius 1 is 1.17 bits per heavy atom. The maximum Gasteiger partial charge on any atom is 0.416 e. The molecule has 0 radical (unpaired) electrons. The number of hydrogen-bond acceptors (Lipinski definition) is 3. The van der Waals surface area contributed by atoms with Gasteiger partial charge >= 0.3 is 12.1 Å². The van der Waals surface area contributed by atoms with Gasteiger partial charge in [-0.3, -0.25) is 0 Å². The van der Waals surface area contributed by atoms with Gasteiger partial charge in [-0.2, -0.15) is 21.6 Å². The molecule has 0 fully saturated rings. The van der Waals surface area contributed by atoms with Crippen LogP contribution in [0.25, 0.3) is 0 Å². The first kappa shape index (κ1) is 14.2. The van der Waals surface area contributed by atoms with Crippen molar-refractivity contribution in [2.45, 2.75) is 12.6 Å². The van der Waals surface area contributed by atoms with Crippen LogP contribution in [-0.4, -0.2) is 24.4 Å². The third kappa shape index (κ3) is 3.59. The maximum absolute atomic E-state index is 12.2. The van der Waals surface area contributed by atoms with Crippen molar-refractivity contribution in [3.63, 3.8) is 0 Å². The number of hydrogen-bond donors (Lipinski definition) is 1. The minimum Gasteiger partial charge on any atom is -0.477 e. The molecular weight excluding hydrogens is 273 g/mol. The van der Waals surface area contributed by atoms with E-state index in [1.54, 1.807) is 0 Å². The van der Waals surface area contributed by atoms with Gasteiger partial charge in [0.1, 0.15) is 0 Å². The molecule has 1 aromatic rings. The number of halogens is 3. The zero-order valence-corrected chi connectivity index (χ0v) is 9.55. The number of carboxylic acids is 1. The second kappa shape index (κ2) is 5.21. The number of alkyl halides is 3. The van der Waals surface area contributed by atoms with Gasteiger partial charge in [0, 0.05) is 6.42 Å². The summed E-state index contributed by atoms with van der Waals surface area (Å²) in [5, 5.41) is 8.58. The first-order chi connectivity index (χ1) is 8.21. The van der Waals surface area contributed by atoms with Crippen molar-refractivity contribution < 1.29 is 31.5 Å². The van der Waals surface area contributed by atoms with Gasteiger partial charge in [-0.25, -0.2) is 4.79 Å². The van der Waals surface area contributed by atoms with Crippen LogP contribution in [0.15, 0.2) is 24.3 Å². The Hall–Kier alpha value is -1.83. The number of carboxylic acid groups (broad SMARTS) is 1. The van der Waals surface area contributed by atoms with Crippen LogP contribution in [0, 0.1) is 0 Å².